The van der Waals surface area contributed by atoms with Crippen LogP contribution >= 0.6 is 11.6 Å². The zero-order valence-electron chi connectivity index (χ0n) is 8.05. The van der Waals surface area contributed by atoms with Gasteiger partial charge in [-0.05, 0) is 12.1 Å². The molecule has 0 aliphatic heterocycles. The van der Waals surface area contributed by atoms with E-state index in [0.717, 1.165) is 0 Å². The van der Waals surface area contributed by atoms with Crippen molar-refractivity contribution in [2.24, 2.45) is 0 Å². The van der Waals surface area contributed by atoms with E-state index >= 15 is 0 Å². The predicted octanol–water partition coefficient (Wildman–Crippen LogP) is 3.25. The molecule has 0 bridgehead atoms. The molecule has 84 valence electrons. The highest BCUT2D eigenvalue weighted by molar-refractivity contribution is 6.33. The normalized spacial score (nSPS) is 11.0. The molecular weight excluding hydrogens is 236 g/mol. The Hall–Kier alpha value is -1.62. The summed E-state index contributed by atoms with van der Waals surface area (Å²) in [6, 6.07) is 4.02. The summed E-state index contributed by atoms with van der Waals surface area (Å²) in [6.45, 7) is 0. The Labute approximate surface area is 95.2 Å². The molecule has 1 heterocycles. The fourth-order valence-corrected chi connectivity index (χ4v) is 1.62. The standard InChI is InChI=1S/C10H8ClF2N3/c11-8-2-1-5(9(12)13)3-6(8)7-4-15-16-10(7)14/h1-4,9H,(H3,14,15,16). The van der Waals surface area contributed by atoms with Gasteiger partial charge in [-0.15, -0.1) is 0 Å². The van der Waals surface area contributed by atoms with E-state index in [9.17, 15) is 8.78 Å². The number of hydrogen-bond donors (Lipinski definition) is 2. The summed E-state index contributed by atoms with van der Waals surface area (Å²) in [5.74, 6) is 0.299. The SMILES string of the molecule is Nc1[nH]ncc1-c1cc(C(F)F)ccc1Cl. The number of nitrogens with zero attached hydrogens (tertiary/aromatic N) is 1. The summed E-state index contributed by atoms with van der Waals surface area (Å²) in [4.78, 5) is 0. The van der Waals surface area contributed by atoms with Crippen LogP contribution < -0.4 is 5.73 Å². The van der Waals surface area contributed by atoms with Gasteiger partial charge in [0.25, 0.3) is 6.43 Å². The first-order valence-electron chi connectivity index (χ1n) is 4.46. The van der Waals surface area contributed by atoms with Gasteiger partial charge in [0.05, 0.1) is 6.20 Å². The van der Waals surface area contributed by atoms with Gasteiger partial charge < -0.3 is 5.73 Å². The van der Waals surface area contributed by atoms with E-state index < -0.39 is 6.43 Å². The summed E-state index contributed by atoms with van der Waals surface area (Å²) in [5.41, 5.74) is 6.48. The molecule has 3 nitrogen and oxygen atoms in total. The van der Waals surface area contributed by atoms with Crippen molar-refractivity contribution in [2.45, 2.75) is 6.43 Å². The number of rotatable bonds is 2. The molecule has 0 spiro atoms. The minimum atomic E-state index is -2.54. The zero-order chi connectivity index (χ0) is 11.7. The van der Waals surface area contributed by atoms with E-state index in [2.05, 4.69) is 10.2 Å². The number of alkyl halides is 2. The van der Waals surface area contributed by atoms with Crippen molar-refractivity contribution in [2.75, 3.05) is 5.73 Å². The van der Waals surface area contributed by atoms with Crippen molar-refractivity contribution >= 4 is 17.4 Å². The summed E-state index contributed by atoms with van der Waals surface area (Å²) >= 11 is 5.92. The Bertz CT molecular complexity index is 511. The molecule has 2 aromatic rings. The Kier molecular flexibility index (Phi) is 2.78. The Balaban J connectivity index is 2.56. The van der Waals surface area contributed by atoms with Crippen molar-refractivity contribution < 1.29 is 8.78 Å². The number of nitrogens with one attached hydrogen (secondary N) is 1. The maximum Gasteiger partial charge on any atom is 0.263 e. The largest absolute Gasteiger partial charge is 0.384 e. The minimum absolute atomic E-state index is 0.0972. The maximum atomic E-state index is 12.5. The molecular formula is C10H8ClF2N3. The van der Waals surface area contributed by atoms with Crippen molar-refractivity contribution in [1.82, 2.24) is 10.2 Å². The van der Waals surface area contributed by atoms with E-state index in [1.807, 2.05) is 0 Å². The quantitative estimate of drug-likeness (QED) is 0.851. The van der Waals surface area contributed by atoms with Gasteiger partial charge >= 0.3 is 0 Å². The average molecular weight is 244 g/mol. The highest BCUT2D eigenvalue weighted by atomic mass is 35.5. The number of aromatic nitrogens is 2. The van der Waals surface area contributed by atoms with Crippen LogP contribution in [-0.4, -0.2) is 10.2 Å². The molecule has 16 heavy (non-hydrogen) atoms. The molecule has 0 amide bonds. The molecule has 3 N–H and O–H groups in total. The molecule has 0 radical (unpaired) electrons. The van der Waals surface area contributed by atoms with Gasteiger partial charge in [-0.2, -0.15) is 5.10 Å². The predicted molar refractivity (Wildman–Crippen MR) is 58.4 cm³/mol. The first kappa shape index (κ1) is 10.9. The topological polar surface area (TPSA) is 54.7 Å². The molecule has 0 fully saturated rings. The second kappa shape index (κ2) is 4.09. The summed E-state index contributed by atoms with van der Waals surface area (Å²) in [6.07, 6.45) is -1.09. The molecule has 0 aliphatic rings. The van der Waals surface area contributed by atoms with Crippen molar-refractivity contribution in [3.05, 3.63) is 35.0 Å². The van der Waals surface area contributed by atoms with Gasteiger partial charge in [-0.1, -0.05) is 17.7 Å². The van der Waals surface area contributed by atoms with E-state index in [1.54, 1.807) is 0 Å². The molecule has 1 aromatic carbocycles. The van der Waals surface area contributed by atoms with Crippen molar-refractivity contribution in [3.8, 4) is 11.1 Å². The van der Waals surface area contributed by atoms with Gasteiger partial charge in [0.1, 0.15) is 5.82 Å². The average Bonchev–Trinajstić information content (AvgIpc) is 2.65. The lowest BCUT2D eigenvalue weighted by atomic mass is 10.1. The number of nitrogen functional groups attached to an aromatic ring is 1. The van der Waals surface area contributed by atoms with Gasteiger partial charge in [0.2, 0.25) is 0 Å². The van der Waals surface area contributed by atoms with Crippen LogP contribution in [0.4, 0.5) is 14.6 Å². The van der Waals surface area contributed by atoms with E-state index in [0.29, 0.717) is 22.0 Å². The molecule has 0 saturated heterocycles. The Morgan fingerprint density at radius 3 is 2.62 bits per heavy atom. The third-order valence-electron chi connectivity index (χ3n) is 2.20. The monoisotopic (exact) mass is 243 g/mol. The second-order valence-corrected chi connectivity index (χ2v) is 3.64. The number of hydrogen-bond acceptors (Lipinski definition) is 2. The van der Waals surface area contributed by atoms with Crippen molar-refractivity contribution in [1.29, 1.82) is 0 Å². The molecule has 6 heteroatoms. The molecule has 0 atom stereocenters. The summed E-state index contributed by atoms with van der Waals surface area (Å²) < 4.78 is 25.0. The van der Waals surface area contributed by atoms with Crippen LogP contribution in [0, 0.1) is 0 Å². The molecule has 0 unspecified atom stereocenters. The van der Waals surface area contributed by atoms with Crippen LogP contribution in [0.2, 0.25) is 5.02 Å². The lowest BCUT2D eigenvalue weighted by Gasteiger charge is -2.06. The van der Waals surface area contributed by atoms with E-state index in [4.69, 9.17) is 17.3 Å². The van der Waals surface area contributed by atoms with Crippen LogP contribution in [0.5, 0.6) is 0 Å². The minimum Gasteiger partial charge on any atom is -0.384 e. The summed E-state index contributed by atoms with van der Waals surface area (Å²) in [5, 5.41) is 6.60. The molecule has 0 saturated carbocycles. The smallest absolute Gasteiger partial charge is 0.263 e. The van der Waals surface area contributed by atoms with Gasteiger partial charge in [0.15, 0.2) is 0 Å². The summed E-state index contributed by atoms with van der Waals surface area (Å²) in [7, 11) is 0. The number of nitrogens with two attached hydrogens (primary N) is 1. The zero-order valence-corrected chi connectivity index (χ0v) is 8.80. The van der Waals surface area contributed by atoms with Crippen molar-refractivity contribution in [3.63, 3.8) is 0 Å². The molecule has 1 aromatic heterocycles. The number of halogens is 3. The highest BCUT2D eigenvalue weighted by Gasteiger charge is 2.13. The van der Waals surface area contributed by atoms with Gasteiger partial charge in [-0.3, -0.25) is 5.10 Å². The molecule has 0 aliphatic carbocycles. The third-order valence-corrected chi connectivity index (χ3v) is 2.53. The van der Waals surface area contributed by atoms with E-state index in [1.165, 1.54) is 24.4 Å². The lowest BCUT2D eigenvalue weighted by Crippen LogP contribution is -1.90. The van der Waals surface area contributed by atoms with Crippen LogP contribution in [-0.2, 0) is 0 Å². The highest BCUT2D eigenvalue weighted by Crippen LogP contribution is 2.33. The number of aromatic amines is 1. The fraction of sp³-hybridized carbons (Fsp3) is 0.100. The van der Waals surface area contributed by atoms with Crippen LogP contribution in [0.15, 0.2) is 24.4 Å². The van der Waals surface area contributed by atoms with Crippen LogP contribution in [0.25, 0.3) is 11.1 Å². The van der Waals surface area contributed by atoms with Gasteiger partial charge in [-0.25, -0.2) is 8.78 Å². The second-order valence-electron chi connectivity index (χ2n) is 3.24. The first-order valence-corrected chi connectivity index (χ1v) is 4.84. The maximum absolute atomic E-state index is 12.5. The van der Waals surface area contributed by atoms with E-state index in [-0.39, 0.29) is 5.56 Å². The Morgan fingerprint density at radius 2 is 2.06 bits per heavy atom. The molecule has 2 rings (SSSR count). The number of anilines is 1. The number of benzene rings is 1. The lowest BCUT2D eigenvalue weighted by molar-refractivity contribution is 0.151. The fourth-order valence-electron chi connectivity index (χ4n) is 1.40. The Morgan fingerprint density at radius 1 is 1.31 bits per heavy atom. The number of H-pyrrole nitrogens is 1. The van der Waals surface area contributed by atoms with Gasteiger partial charge in [0, 0.05) is 21.7 Å². The van der Waals surface area contributed by atoms with Crippen LogP contribution in [0.3, 0.4) is 0 Å². The van der Waals surface area contributed by atoms with Crippen LogP contribution in [0.1, 0.15) is 12.0 Å². The first-order chi connectivity index (χ1) is 7.59. The third kappa shape index (κ3) is 1.86.